The maximum atomic E-state index is 12.6. The highest BCUT2D eigenvalue weighted by Crippen LogP contribution is 2.38. The van der Waals surface area contributed by atoms with Gasteiger partial charge in [-0.15, -0.1) is 11.6 Å². The van der Waals surface area contributed by atoms with Crippen LogP contribution in [0.25, 0.3) is 0 Å². The van der Waals surface area contributed by atoms with Gasteiger partial charge in [0.1, 0.15) is 5.75 Å². The van der Waals surface area contributed by atoms with Crippen LogP contribution < -0.4 is 9.64 Å². The third kappa shape index (κ3) is 3.05. The lowest BCUT2D eigenvalue weighted by Crippen LogP contribution is -2.52. The van der Waals surface area contributed by atoms with E-state index in [1.54, 1.807) is 36.9 Å². The van der Waals surface area contributed by atoms with Gasteiger partial charge in [-0.2, -0.15) is 0 Å². The topological polar surface area (TPSA) is 46.6 Å². The molecule has 0 unspecified atom stereocenters. The second kappa shape index (κ2) is 6.06. The number of fused-ring (bicyclic) bond motifs is 1. The van der Waals surface area contributed by atoms with E-state index < -0.39 is 5.60 Å². The Hall–Kier alpha value is -1.55. The molecule has 1 heterocycles. The van der Waals surface area contributed by atoms with Crippen LogP contribution in [0.2, 0.25) is 0 Å². The molecule has 5 heteroatoms. The first-order valence-electron chi connectivity index (χ1n) is 7.15. The summed E-state index contributed by atoms with van der Waals surface area (Å²) >= 11 is 5.60. The van der Waals surface area contributed by atoms with E-state index in [1.165, 1.54) is 0 Å². The Kier molecular flexibility index (Phi) is 4.57. The Morgan fingerprint density at radius 2 is 2.10 bits per heavy atom. The van der Waals surface area contributed by atoms with Crippen LogP contribution in [0.15, 0.2) is 18.2 Å². The molecule has 0 bridgehead atoms. The van der Waals surface area contributed by atoms with Crippen molar-refractivity contribution in [3.05, 3.63) is 23.8 Å². The normalized spacial score (nSPS) is 16.4. The van der Waals surface area contributed by atoms with Crippen LogP contribution in [0, 0.1) is 0 Å². The SMILES string of the molecule is CCCCN1C(=O)C(C)(C)Oc2ccc(C(=O)CCl)cc21. The minimum absolute atomic E-state index is 0.0754. The average Bonchev–Trinajstić information content (AvgIpc) is 2.46. The molecule has 0 radical (unpaired) electrons. The van der Waals surface area contributed by atoms with Crippen molar-refractivity contribution in [3.8, 4) is 5.75 Å². The Balaban J connectivity index is 2.46. The number of carbonyl (C=O) groups excluding carboxylic acids is 2. The number of carbonyl (C=O) groups is 2. The van der Waals surface area contributed by atoms with Crippen molar-refractivity contribution in [2.75, 3.05) is 17.3 Å². The molecule has 1 amide bonds. The first kappa shape index (κ1) is 15.8. The smallest absolute Gasteiger partial charge is 0.270 e. The molecule has 2 rings (SSSR count). The molecule has 0 saturated heterocycles. The zero-order valence-corrected chi connectivity index (χ0v) is 13.4. The van der Waals surface area contributed by atoms with E-state index in [2.05, 4.69) is 6.92 Å². The van der Waals surface area contributed by atoms with Gasteiger partial charge in [0.15, 0.2) is 11.4 Å². The van der Waals surface area contributed by atoms with Crippen LogP contribution >= 0.6 is 11.6 Å². The van der Waals surface area contributed by atoms with Gasteiger partial charge in [-0.1, -0.05) is 13.3 Å². The molecular weight excluding hydrogens is 290 g/mol. The van der Waals surface area contributed by atoms with E-state index in [-0.39, 0.29) is 17.6 Å². The quantitative estimate of drug-likeness (QED) is 0.618. The van der Waals surface area contributed by atoms with E-state index in [0.29, 0.717) is 23.5 Å². The van der Waals surface area contributed by atoms with Gasteiger partial charge in [0.05, 0.1) is 11.6 Å². The third-order valence-electron chi connectivity index (χ3n) is 3.55. The summed E-state index contributed by atoms with van der Waals surface area (Å²) in [6.07, 6.45) is 1.88. The van der Waals surface area contributed by atoms with Gasteiger partial charge in [-0.25, -0.2) is 0 Å². The van der Waals surface area contributed by atoms with Gasteiger partial charge in [-0.05, 0) is 38.5 Å². The van der Waals surface area contributed by atoms with Gasteiger partial charge >= 0.3 is 0 Å². The zero-order chi connectivity index (χ0) is 15.6. The molecule has 0 aromatic heterocycles. The number of alkyl halides is 1. The van der Waals surface area contributed by atoms with Gasteiger partial charge in [0.2, 0.25) is 0 Å². The molecule has 1 aliphatic rings. The molecule has 0 spiro atoms. The minimum Gasteiger partial charge on any atom is -0.476 e. The summed E-state index contributed by atoms with van der Waals surface area (Å²) in [5, 5.41) is 0. The lowest BCUT2D eigenvalue weighted by molar-refractivity contribution is -0.132. The number of unbranched alkanes of at least 4 members (excludes halogenated alkanes) is 1. The van der Waals surface area contributed by atoms with Gasteiger partial charge < -0.3 is 9.64 Å². The number of anilines is 1. The predicted octanol–water partition coefficient (Wildman–Crippen LogP) is 3.41. The lowest BCUT2D eigenvalue weighted by Gasteiger charge is -2.39. The number of hydrogen-bond acceptors (Lipinski definition) is 3. The third-order valence-corrected chi connectivity index (χ3v) is 3.80. The van der Waals surface area contributed by atoms with E-state index in [0.717, 1.165) is 12.8 Å². The lowest BCUT2D eigenvalue weighted by atomic mass is 10.0. The molecule has 0 aliphatic carbocycles. The average molecular weight is 310 g/mol. The number of benzene rings is 1. The van der Waals surface area contributed by atoms with Crippen molar-refractivity contribution in [2.45, 2.75) is 39.2 Å². The number of rotatable bonds is 5. The summed E-state index contributed by atoms with van der Waals surface area (Å²) < 4.78 is 5.77. The monoisotopic (exact) mass is 309 g/mol. The first-order valence-corrected chi connectivity index (χ1v) is 7.68. The number of amides is 1. The van der Waals surface area contributed by atoms with Crippen LogP contribution in [0.5, 0.6) is 5.75 Å². The highest BCUT2D eigenvalue weighted by Gasteiger charge is 2.40. The van der Waals surface area contributed by atoms with Crippen LogP contribution in [0.3, 0.4) is 0 Å². The summed E-state index contributed by atoms with van der Waals surface area (Å²) in [5.41, 5.74) is 0.267. The number of hydrogen-bond donors (Lipinski definition) is 0. The Bertz CT molecular complexity index is 569. The molecule has 114 valence electrons. The Morgan fingerprint density at radius 1 is 1.38 bits per heavy atom. The van der Waals surface area contributed by atoms with E-state index in [1.807, 2.05) is 0 Å². The molecule has 0 N–H and O–H groups in total. The molecule has 1 aliphatic heterocycles. The zero-order valence-electron chi connectivity index (χ0n) is 12.6. The van der Waals surface area contributed by atoms with Crippen LogP contribution in [0.1, 0.15) is 44.0 Å². The second-order valence-electron chi connectivity index (χ2n) is 5.66. The first-order chi connectivity index (χ1) is 9.90. The van der Waals surface area contributed by atoms with E-state index >= 15 is 0 Å². The minimum atomic E-state index is -0.890. The molecule has 0 saturated carbocycles. The fourth-order valence-corrected chi connectivity index (χ4v) is 2.51. The Labute approximate surface area is 130 Å². The molecular formula is C16H20ClNO3. The largest absolute Gasteiger partial charge is 0.476 e. The number of ketones is 1. The van der Waals surface area contributed by atoms with Crippen molar-refractivity contribution in [3.63, 3.8) is 0 Å². The van der Waals surface area contributed by atoms with Crippen molar-refractivity contribution in [2.24, 2.45) is 0 Å². The predicted molar refractivity (Wildman–Crippen MR) is 83.5 cm³/mol. The number of Topliss-reactive ketones (excluding diaryl/α,β-unsaturated/α-hetero) is 1. The fourth-order valence-electron chi connectivity index (χ4n) is 2.36. The summed E-state index contributed by atoms with van der Waals surface area (Å²) in [6, 6.07) is 5.12. The maximum Gasteiger partial charge on any atom is 0.270 e. The molecule has 4 nitrogen and oxygen atoms in total. The molecule has 21 heavy (non-hydrogen) atoms. The molecule has 0 atom stereocenters. The van der Waals surface area contributed by atoms with Crippen molar-refractivity contribution in [1.82, 2.24) is 0 Å². The summed E-state index contributed by atoms with van der Waals surface area (Å²) in [6.45, 7) is 6.21. The summed E-state index contributed by atoms with van der Waals surface area (Å²) in [5.74, 6) is 0.307. The molecule has 1 aromatic rings. The highest BCUT2D eigenvalue weighted by molar-refractivity contribution is 6.30. The van der Waals surface area contributed by atoms with Crippen LogP contribution in [-0.4, -0.2) is 29.7 Å². The van der Waals surface area contributed by atoms with Crippen molar-refractivity contribution in [1.29, 1.82) is 0 Å². The van der Waals surface area contributed by atoms with Gasteiger partial charge in [-0.3, -0.25) is 9.59 Å². The van der Waals surface area contributed by atoms with E-state index in [9.17, 15) is 9.59 Å². The van der Waals surface area contributed by atoms with Crippen LogP contribution in [-0.2, 0) is 4.79 Å². The Morgan fingerprint density at radius 3 is 2.71 bits per heavy atom. The van der Waals surface area contributed by atoms with Crippen LogP contribution in [0.4, 0.5) is 5.69 Å². The highest BCUT2D eigenvalue weighted by atomic mass is 35.5. The van der Waals surface area contributed by atoms with Crippen molar-refractivity contribution < 1.29 is 14.3 Å². The number of ether oxygens (including phenoxy) is 1. The maximum absolute atomic E-state index is 12.6. The second-order valence-corrected chi connectivity index (χ2v) is 5.93. The number of halogens is 1. The fraction of sp³-hybridized carbons (Fsp3) is 0.500. The van der Waals surface area contributed by atoms with E-state index in [4.69, 9.17) is 16.3 Å². The number of nitrogens with zero attached hydrogens (tertiary/aromatic N) is 1. The summed E-state index contributed by atoms with van der Waals surface area (Å²) in [4.78, 5) is 26.0. The molecule has 1 aromatic carbocycles. The van der Waals surface area contributed by atoms with Crippen molar-refractivity contribution >= 4 is 29.0 Å². The van der Waals surface area contributed by atoms with Gasteiger partial charge in [0.25, 0.3) is 5.91 Å². The molecule has 0 fully saturated rings. The standard InChI is InChI=1S/C16H20ClNO3/c1-4-5-8-18-12-9-11(13(19)10-17)6-7-14(12)21-16(2,3)15(18)20/h6-7,9H,4-5,8,10H2,1-3H3. The van der Waals surface area contributed by atoms with Gasteiger partial charge in [0, 0.05) is 12.1 Å². The summed E-state index contributed by atoms with van der Waals surface area (Å²) in [7, 11) is 0.